The van der Waals surface area contributed by atoms with E-state index in [0.29, 0.717) is 5.95 Å². The predicted octanol–water partition coefficient (Wildman–Crippen LogP) is 10.6. The maximum absolute atomic E-state index is 6.51. The average molecular weight is 578 g/mol. The topological polar surface area (TPSA) is 43.9 Å². The van der Waals surface area contributed by atoms with Crippen molar-refractivity contribution in [3.8, 4) is 28.3 Å². The summed E-state index contributed by atoms with van der Waals surface area (Å²) in [6.45, 7) is 4.66. The lowest BCUT2D eigenvalue weighted by Crippen LogP contribution is -2.14. The van der Waals surface area contributed by atoms with Gasteiger partial charge in [-0.15, -0.1) is 0 Å². The first kappa shape index (κ1) is 24.7. The Hall–Kier alpha value is -5.74. The molecule has 0 aliphatic heterocycles. The molecule has 0 saturated heterocycles. The fourth-order valence-corrected chi connectivity index (χ4v) is 7.75. The summed E-state index contributed by atoms with van der Waals surface area (Å²) in [5.41, 5.74) is 11.8. The van der Waals surface area contributed by atoms with E-state index in [1.165, 1.54) is 33.0 Å². The van der Waals surface area contributed by atoms with Gasteiger partial charge >= 0.3 is 0 Å². The van der Waals surface area contributed by atoms with Crippen LogP contribution in [0.25, 0.3) is 83.0 Å². The molecule has 0 atom stereocenters. The second kappa shape index (κ2) is 8.67. The first-order valence-corrected chi connectivity index (χ1v) is 15.4. The van der Waals surface area contributed by atoms with Crippen molar-refractivity contribution in [2.45, 2.75) is 19.3 Å². The Morgan fingerprint density at radius 1 is 0.556 bits per heavy atom. The van der Waals surface area contributed by atoms with E-state index >= 15 is 0 Å². The maximum Gasteiger partial charge on any atom is 0.235 e. The molecule has 3 heterocycles. The van der Waals surface area contributed by atoms with Gasteiger partial charge < -0.3 is 4.42 Å². The van der Waals surface area contributed by atoms with Gasteiger partial charge in [0.15, 0.2) is 0 Å². The Morgan fingerprint density at radius 3 is 2.18 bits per heavy atom. The van der Waals surface area contributed by atoms with Gasteiger partial charge in [-0.05, 0) is 41.0 Å². The first-order chi connectivity index (χ1) is 22.1. The summed E-state index contributed by atoms with van der Waals surface area (Å²) in [6, 6.07) is 44.9. The molecule has 0 fully saturated rings. The zero-order chi connectivity index (χ0) is 29.9. The summed E-state index contributed by atoms with van der Waals surface area (Å²) in [5, 5.41) is 5.57. The van der Waals surface area contributed by atoms with E-state index in [2.05, 4.69) is 128 Å². The molecule has 0 radical (unpaired) electrons. The van der Waals surface area contributed by atoms with Gasteiger partial charge in [0.25, 0.3) is 0 Å². The van der Waals surface area contributed by atoms with Crippen LogP contribution in [0.5, 0.6) is 0 Å². The lowest BCUT2D eigenvalue weighted by atomic mass is 9.82. The molecule has 0 saturated carbocycles. The zero-order valence-electron chi connectivity index (χ0n) is 24.9. The van der Waals surface area contributed by atoms with Crippen molar-refractivity contribution in [3.63, 3.8) is 0 Å². The number of hydrogen-bond donors (Lipinski definition) is 0. The van der Waals surface area contributed by atoms with Crippen LogP contribution in [0.15, 0.2) is 132 Å². The van der Waals surface area contributed by atoms with Gasteiger partial charge in [0.05, 0.1) is 22.2 Å². The van der Waals surface area contributed by atoms with Crippen LogP contribution in [0.2, 0.25) is 0 Å². The van der Waals surface area contributed by atoms with Crippen molar-refractivity contribution < 1.29 is 4.42 Å². The van der Waals surface area contributed by atoms with Gasteiger partial charge in [0.1, 0.15) is 11.2 Å². The standard InChI is InChI=1S/C41H27N3O/c1-41(2)31-18-7-3-14-28(31)36-32(41)23-22-26-24-12-5-9-20-34(24)44(38(26)36)40-42-33-19-8-4-15-29(33)37(43-40)30-17-11-16-27-25-13-6-10-21-35(25)45-39(27)30/h3-23H,1-2H3. The summed E-state index contributed by atoms with van der Waals surface area (Å²) in [6.07, 6.45) is 0. The van der Waals surface area contributed by atoms with Crippen molar-refractivity contribution in [2.24, 2.45) is 0 Å². The first-order valence-electron chi connectivity index (χ1n) is 15.4. The molecule has 10 rings (SSSR count). The number of furan rings is 1. The van der Waals surface area contributed by atoms with Crippen LogP contribution in [0.1, 0.15) is 25.0 Å². The fraction of sp³-hybridized carbons (Fsp3) is 0.0732. The Morgan fingerprint density at radius 2 is 1.27 bits per heavy atom. The van der Waals surface area contributed by atoms with Crippen LogP contribution in [-0.2, 0) is 5.41 Å². The van der Waals surface area contributed by atoms with E-state index < -0.39 is 0 Å². The maximum atomic E-state index is 6.51. The molecule has 0 N–H and O–H groups in total. The third kappa shape index (κ3) is 3.21. The number of hydrogen-bond acceptors (Lipinski definition) is 3. The van der Waals surface area contributed by atoms with E-state index in [0.717, 1.165) is 55.1 Å². The second-order valence-electron chi connectivity index (χ2n) is 12.6. The van der Waals surface area contributed by atoms with Gasteiger partial charge in [0.2, 0.25) is 5.95 Å². The number of aromatic nitrogens is 3. The van der Waals surface area contributed by atoms with Crippen molar-refractivity contribution >= 4 is 54.6 Å². The quantitative estimate of drug-likeness (QED) is 0.205. The average Bonchev–Trinajstić information content (AvgIpc) is 3.70. The third-order valence-electron chi connectivity index (χ3n) is 9.83. The van der Waals surface area contributed by atoms with Crippen LogP contribution in [0.4, 0.5) is 0 Å². The molecule has 0 amide bonds. The minimum Gasteiger partial charge on any atom is -0.455 e. The molecular formula is C41H27N3O. The lowest BCUT2D eigenvalue weighted by molar-refractivity contribution is 0.660. The molecule has 45 heavy (non-hydrogen) atoms. The van der Waals surface area contributed by atoms with Crippen LogP contribution in [0, 0.1) is 0 Å². The van der Waals surface area contributed by atoms with Crippen LogP contribution >= 0.6 is 0 Å². The van der Waals surface area contributed by atoms with E-state index in [9.17, 15) is 0 Å². The van der Waals surface area contributed by atoms with Gasteiger partial charge in [-0.3, -0.25) is 4.57 Å². The summed E-state index contributed by atoms with van der Waals surface area (Å²) in [4.78, 5) is 10.7. The highest BCUT2D eigenvalue weighted by Gasteiger charge is 2.37. The van der Waals surface area contributed by atoms with Crippen LogP contribution in [-0.4, -0.2) is 14.5 Å². The van der Waals surface area contributed by atoms with E-state index in [4.69, 9.17) is 14.4 Å². The monoisotopic (exact) mass is 577 g/mol. The summed E-state index contributed by atoms with van der Waals surface area (Å²) < 4.78 is 8.80. The Balaban J connectivity index is 1.36. The van der Waals surface area contributed by atoms with E-state index in [-0.39, 0.29) is 5.41 Å². The van der Waals surface area contributed by atoms with E-state index in [1.54, 1.807) is 0 Å². The molecule has 1 aliphatic carbocycles. The highest BCUT2D eigenvalue weighted by molar-refractivity contribution is 6.16. The lowest BCUT2D eigenvalue weighted by Gasteiger charge is -2.21. The van der Waals surface area contributed by atoms with Crippen molar-refractivity contribution in [1.82, 2.24) is 14.5 Å². The summed E-state index contributed by atoms with van der Waals surface area (Å²) in [5.74, 6) is 0.651. The molecule has 6 aromatic carbocycles. The number of rotatable bonds is 2. The van der Waals surface area contributed by atoms with Gasteiger partial charge in [-0.2, -0.15) is 0 Å². The largest absolute Gasteiger partial charge is 0.455 e. The molecule has 9 aromatic rings. The molecule has 0 spiro atoms. The molecule has 4 heteroatoms. The Bertz CT molecular complexity index is 2690. The molecular weight excluding hydrogens is 550 g/mol. The SMILES string of the molecule is CC1(C)c2ccccc2-c2c1ccc1c3ccccc3n(-c3nc(-c4cccc5c4oc4ccccc45)c4ccccc4n3)c21. The highest BCUT2D eigenvalue weighted by atomic mass is 16.3. The smallest absolute Gasteiger partial charge is 0.235 e. The number of benzene rings is 6. The van der Waals surface area contributed by atoms with Crippen molar-refractivity contribution in [3.05, 3.63) is 139 Å². The van der Waals surface area contributed by atoms with Crippen molar-refractivity contribution in [1.29, 1.82) is 0 Å². The minimum absolute atomic E-state index is 0.117. The Labute approximate surface area is 259 Å². The molecule has 4 nitrogen and oxygen atoms in total. The second-order valence-corrected chi connectivity index (χ2v) is 12.6. The summed E-state index contributed by atoms with van der Waals surface area (Å²) in [7, 11) is 0. The van der Waals surface area contributed by atoms with Crippen molar-refractivity contribution in [2.75, 3.05) is 0 Å². The minimum atomic E-state index is -0.117. The van der Waals surface area contributed by atoms with Gasteiger partial charge in [-0.25, -0.2) is 9.97 Å². The molecule has 212 valence electrons. The Kier molecular flexibility index (Phi) is 4.76. The number of para-hydroxylation sites is 4. The predicted molar refractivity (Wildman–Crippen MR) is 184 cm³/mol. The fourth-order valence-electron chi connectivity index (χ4n) is 7.75. The number of fused-ring (bicyclic) bond motifs is 11. The van der Waals surface area contributed by atoms with Gasteiger partial charge in [0, 0.05) is 43.5 Å². The number of nitrogens with zero attached hydrogens (tertiary/aromatic N) is 3. The molecule has 0 bridgehead atoms. The van der Waals surface area contributed by atoms with Crippen LogP contribution in [0.3, 0.4) is 0 Å². The van der Waals surface area contributed by atoms with Crippen LogP contribution < -0.4 is 0 Å². The third-order valence-corrected chi connectivity index (χ3v) is 9.83. The van der Waals surface area contributed by atoms with Gasteiger partial charge in [-0.1, -0.05) is 117 Å². The van der Waals surface area contributed by atoms with E-state index in [1.807, 2.05) is 18.2 Å². The molecule has 0 unspecified atom stereocenters. The molecule has 1 aliphatic rings. The highest BCUT2D eigenvalue weighted by Crippen LogP contribution is 2.52. The normalized spacial score (nSPS) is 13.7. The summed E-state index contributed by atoms with van der Waals surface area (Å²) >= 11 is 0. The molecule has 3 aromatic heterocycles. The zero-order valence-corrected chi connectivity index (χ0v) is 24.9.